The molecule has 3 rings (SSSR count). The molecule has 0 fully saturated rings. The quantitative estimate of drug-likeness (QED) is 0.939. The Morgan fingerprint density at radius 1 is 1.10 bits per heavy atom. The number of methoxy groups -OCH3 is 1. The summed E-state index contributed by atoms with van der Waals surface area (Å²) in [6, 6.07) is 14.8. The fraction of sp³-hybridized carbons (Fsp3) is 0.333. The summed E-state index contributed by atoms with van der Waals surface area (Å²) in [6.07, 6.45) is 1.08. The van der Waals surface area contributed by atoms with E-state index < -0.39 is 0 Å². The summed E-state index contributed by atoms with van der Waals surface area (Å²) in [6.45, 7) is 3.96. The topological polar surface area (TPSA) is 38.5 Å². The van der Waals surface area contributed by atoms with Crippen LogP contribution in [-0.4, -0.2) is 13.7 Å². The van der Waals surface area contributed by atoms with Gasteiger partial charge in [0.2, 0.25) is 0 Å². The zero-order valence-corrected chi connectivity index (χ0v) is 12.7. The first-order valence-corrected chi connectivity index (χ1v) is 7.45. The van der Waals surface area contributed by atoms with Crippen LogP contribution >= 0.6 is 0 Å². The zero-order chi connectivity index (χ0) is 14.8. The Morgan fingerprint density at radius 3 is 2.57 bits per heavy atom. The van der Waals surface area contributed by atoms with Crippen LogP contribution in [0.15, 0.2) is 42.5 Å². The average Bonchev–Trinajstić information content (AvgIpc) is 2.53. The fourth-order valence-corrected chi connectivity index (χ4v) is 3.15. The Kier molecular flexibility index (Phi) is 3.84. The molecule has 0 amide bonds. The standard InChI is InChI=1S/C18H22N2O/c1-13(19)18-16(8-5-9-17(18)21-2)20-11-10-14-6-3-4-7-15(14)12-20/h3-9,13H,10-12,19H2,1-2H3/t13-/m0/s1. The summed E-state index contributed by atoms with van der Waals surface area (Å²) in [4.78, 5) is 2.41. The van der Waals surface area contributed by atoms with Gasteiger partial charge in [-0.3, -0.25) is 0 Å². The van der Waals surface area contributed by atoms with Gasteiger partial charge >= 0.3 is 0 Å². The van der Waals surface area contributed by atoms with Crippen molar-refractivity contribution < 1.29 is 4.74 Å². The van der Waals surface area contributed by atoms with Crippen LogP contribution in [0, 0.1) is 0 Å². The van der Waals surface area contributed by atoms with Crippen molar-refractivity contribution in [3.63, 3.8) is 0 Å². The van der Waals surface area contributed by atoms with E-state index in [1.807, 2.05) is 19.1 Å². The maximum atomic E-state index is 6.19. The predicted molar refractivity (Wildman–Crippen MR) is 86.8 cm³/mol. The van der Waals surface area contributed by atoms with E-state index in [1.165, 1.54) is 16.8 Å². The molecule has 0 unspecified atom stereocenters. The third-order valence-corrected chi connectivity index (χ3v) is 4.19. The van der Waals surface area contributed by atoms with Crippen LogP contribution < -0.4 is 15.4 Å². The van der Waals surface area contributed by atoms with Gasteiger partial charge in [0.15, 0.2) is 0 Å². The molecule has 0 aromatic heterocycles. The van der Waals surface area contributed by atoms with Crippen molar-refractivity contribution in [2.45, 2.75) is 25.9 Å². The second kappa shape index (κ2) is 5.78. The van der Waals surface area contributed by atoms with Crippen LogP contribution in [0.4, 0.5) is 5.69 Å². The first-order chi connectivity index (χ1) is 10.2. The minimum atomic E-state index is -0.0479. The van der Waals surface area contributed by atoms with E-state index >= 15 is 0 Å². The van der Waals surface area contributed by atoms with E-state index in [9.17, 15) is 0 Å². The van der Waals surface area contributed by atoms with Crippen molar-refractivity contribution in [1.82, 2.24) is 0 Å². The Bertz CT molecular complexity index is 637. The Labute approximate surface area is 126 Å². The number of hydrogen-bond acceptors (Lipinski definition) is 3. The molecule has 0 saturated carbocycles. The molecule has 1 heterocycles. The molecule has 0 aliphatic carbocycles. The van der Waals surface area contributed by atoms with Crippen molar-refractivity contribution in [3.05, 3.63) is 59.2 Å². The van der Waals surface area contributed by atoms with Crippen LogP contribution in [0.2, 0.25) is 0 Å². The number of nitrogens with two attached hydrogens (primary N) is 1. The molecular weight excluding hydrogens is 260 g/mol. The number of rotatable bonds is 3. The van der Waals surface area contributed by atoms with E-state index in [0.717, 1.165) is 30.8 Å². The summed E-state index contributed by atoms with van der Waals surface area (Å²) in [5, 5.41) is 0. The van der Waals surface area contributed by atoms with Gasteiger partial charge in [0.25, 0.3) is 0 Å². The van der Waals surface area contributed by atoms with Crippen LogP contribution in [0.3, 0.4) is 0 Å². The second-order valence-corrected chi connectivity index (χ2v) is 5.62. The maximum Gasteiger partial charge on any atom is 0.125 e. The Morgan fingerprint density at radius 2 is 1.86 bits per heavy atom. The van der Waals surface area contributed by atoms with Crippen molar-refractivity contribution in [2.24, 2.45) is 5.73 Å². The van der Waals surface area contributed by atoms with E-state index in [4.69, 9.17) is 10.5 Å². The zero-order valence-electron chi connectivity index (χ0n) is 12.7. The van der Waals surface area contributed by atoms with Gasteiger partial charge in [-0.05, 0) is 36.6 Å². The lowest BCUT2D eigenvalue weighted by Gasteiger charge is -2.33. The molecule has 2 aromatic carbocycles. The van der Waals surface area contributed by atoms with Gasteiger partial charge < -0.3 is 15.4 Å². The molecule has 0 spiro atoms. The number of hydrogen-bond donors (Lipinski definition) is 1. The second-order valence-electron chi connectivity index (χ2n) is 5.62. The van der Waals surface area contributed by atoms with E-state index in [-0.39, 0.29) is 6.04 Å². The molecule has 3 nitrogen and oxygen atoms in total. The molecule has 1 aliphatic heterocycles. The van der Waals surface area contributed by atoms with Gasteiger partial charge in [-0.25, -0.2) is 0 Å². The summed E-state index contributed by atoms with van der Waals surface area (Å²) in [5.41, 5.74) is 11.3. The smallest absolute Gasteiger partial charge is 0.125 e. The van der Waals surface area contributed by atoms with Crippen molar-refractivity contribution in [3.8, 4) is 5.75 Å². The number of benzene rings is 2. The molecular formula is C18H22N2O. The highest BCUT2D eigenvalue weighted by Gasteiger charge is 2.21. The number of anilines is 1. The van der Waals surface area contributed by atoms with E-state index in [0.29, 0.717) is 0 Å². The highest BCUT2D eigenvalue weighted by atomic mass is 16.5. The molecule has 0 radical (unpaired) electrons. The normalized spacial score (nSPS) is 15.5. The molecule has 2 N–H and O–H groups in total. The summed E-state index contributed by atoms with van der Waals surface area (Å²) in [7, 11) is 1.70. The first-order valence-electron chi connectivity index (χ1n) is 7.45. The number of ether oxygens (including phenoxy) is 1. The summed E-state index contributed by atoms with van der Waals surface area (Å²) < 4.78 is 5.50. The van der Waals surface area contributed by atoms with Crippen molar-refractivity contribution >= 4 is 5.69 Å². The highest BCUT2D eigenvalue weighted by molar-refractivity contribution is 5.61. The Hall–Kier alpha value is -2.00. The average molecular weight is 282 g/mol. The molecule has 110 valence electrons. The van der Waals surface area contributed by atoms with Gasteiger partial charge in [0, 0.05) is 30.4 Å². The summed E-state index contributed by atoms with van der Waals surface area (Å²) >= 11 is 0. The third-order valence-electron chi connectivity index (χ3n) is 4.19. The van der Waals surface area contributed by atoms with E-state index in [2.05, 4.69) is 35.2 Å². The maximum absolute atomic E-state index is 6.19. The minimum absolute atomic E-state index is 0.0479. The molecule has 21 heavy (non-hydrogen) atoms. The van der Waals surface area contributed by atoms with Gasteiger partial charge in [0.05, 0.1) is 7.11 Å². The highest BCUT2D eigenvalue weighted by Crippen LogP contribution is 2.35. The lowest BCUT2D eigenvalue weighted by atomic mass is 9.97. The van der Waals surface area contributed by atoms with Gasteiger partial charge in [-0.1, -0.05) is 30.3 Å². The van der Waals surface area contributed by atoms with Gasteiger partial charge in [0.1, 0.15) is 5.75 Å². The third kappa shape index (κ3) is 2.61. The molecule has 3 heteroatoms. The van der Waals surface area contributed by atoms with Crippen LogP contribution in [-0.2, 0) is 13.0 Å². The monoisotopic (exact) mass is 282 g/mol. The lowest BCUT2D eigenvalue weighted by molar-refractivity contribution is 0.407. The largest absolute Gasteiger partial charge is 0.496 e. The number of fused-ring (bicyclic) bond motifs is 1. The molecule has 2 aromatic rings. The molecule has 1 aliphatic rings. The van der Waals surface area contributed by atoms with Crippen LogP contribution in [0.25, 0.3) is 0 Å². The van der Waals surface area contributed by atoms with Crippen LogP contribution in [0.1, 0.15) is 29.7 Å². The number of nitrogens with zero attached hydrogens (tertiary/aromatic N) is 1. The predicted octanol–water partition coefficient (Wildman–Crippen LogP) is 3.28. The molecule has 0 bridgehead atoms. The SMILES string of the molecule is COc1cccc(N2CCc3ccccc3C2)c1[C@H](C)N. The summed E-state index contributed by atoms with van der Waals surface area (Å²) in [5.74, 6) is 0.876. The minimum Gasteiger partial charge on any atom is -0.496 e. The molecule has 1 atom stereocenters. The fourth-order valence-electron chi connectivity index (χ4n) is 3.15. The van der Waals surface area contributed by atoms with Gasteiger partial charge in [-0.15, -0.1) is 0 Å². The van der Waals surface area contributed by atoms with Gasteiger partial charge in [-0.2, -0.15) is 0 Å². The lowest BCUT2D eigenvalue weighted by Crippen LogP contribution is -2.31. The molecule has 0 saturated heterocycles. The van der Waals surface area contributed by atoms with Crippen molar-refractivity contribution in [1.29, 1.82) is 0 Å². The van der Waals surface area contributed by atoms with E-state index in [1.54, 1.807) is 7.11 Å². The van der Waals surface area contributed by atoms with Crippen LogP contribution in [0.5, 0.6) is 5.75 Å². The Balaban J connectivity index is 1.99. The first kappa shape index (κ1) is 14.0. The van der Waals surface area contributed by atoms with Crippen molar-refractivity contribution in [2.75, 3.05) is 18.6 Å².